The van der Waals surface area contributed by atoms with Crippen molar-refractivity contribution in [3.05, 3.63) is 12.7 Å². The van der Waals surface area contributed by atoms with Crippen molar-refractivity contribution in [1.82, 2.24) is 19.5 Å². The molecular formula is C13H19N5O2. The van der Waals surface area contributed by atoms with Gasteiger partial charge in [0.15, 0.2) is 11.5 Å². The number of imidazole rings is 1. The van der Waals surface area contributed by atoms with Crippen LogP contribution in [0.25, 0.3) is 11.2 Å². The lowest BCUT2D eigenvalue weighted by Gasteiger charge is -2.21. The zero-order valence-corrected chi connectivity index (χ0v) is 11.6. The van der Waals surface area contributed by atoms with Crippen molar-refractivity contribution in [3.63, 3.8) is 0 Å². The Morgan fingerprint density at radius 3 is 2.85 bits per heavy atom. The SMILES string of the molecule is CNc1ncnc2c1ncn2CC(O)C1(CO)CC1C. The minimum absolute atomic E-state index is 0.0126. The second-order valence-electron chi connectivity index (χ2n) is 5.55. The first kappa shape index (κ1) is 13.3. The Labute approximate surface area is 116 Å². The fourth-order valence-electron chi connectivity index (χ4n) is 2.87. The topological polar surface area (TPSA) is 96.1 Å². The van der Waals surface area contributed by atoms with Crippen molar-refractivity contribution in [2.24, 2.45) is 11.3 Å². The molecule has 7 heteroatoms. The van der Waals surface area contributed by atoms with Gasteiger partial charge in [-0.25, -0.2) is 15.0 Å². The fraction of sp³-hybridized carbons (Fsp3) is 0.615. The fourth-order valence-corrected chi connectivity index (χ4v) is 2.87. The van der Waals surface area contributed by atoms with Crippen LogP contribution in [0.3, 0.4) is 0 Å². The number of nitrogens with zero attached hydrogens (tertiary/aromatic N) is 4. The first-order valence-electron chi connectivity index (χ1n) is 6.75. The lowest BCUT2D eigenvalue weighted by atomic mass is 9.97. The van der Waals surface area contributed by atoms with E-state index in [4.69, 9.17) is 0 Å². The average Bonchev–Trinajstić information content (AvgIpc) is 2.97. The van der Waals surface area contributed by atoms with Crippen LogP contribution in [-0.4, -0.2) is 49.5 Å². The predicted molar refractivity (Wildman–Crippen MR) is 74.2 cm³/mol. The highest BCUT2D eigenvalue weighted by Gasteiger charge is 2.55. The summed E-state index contributed by atoms with van der Waals surface area (Å²) in [5.41, 5.74) is 1.00. The summed E-state index contributed by atoms with van der Waals surface area (Å²) in [4.78, 5) is 12.6. The van der Waals surface area contributed by atoms with Gasteiger partial charge in [0.1, 0.15) is 11.8 Å². The second kappa shape index (κ2) is 4.68. The number of aromatic nitrogens is 4. The molecule has 2 aromatic heterocycles. The van der Waals surface area contributed by atoms with Gasteiger partial charge in [-0.1, -0.05) is 6.92 Å². The van der Waals surface area contributed by atoms with Gasteiger partial charge in [0.25, 0.3) is 0 Å². The molecule has 7 nitrogen and oxygen atoms in total. The van der Waals surface area contributed by atoms with E-state index >= 15 is 0 Å². The van der Waals surface area contributed by atoms with Gasteiger partial charge in [-0.2, -0.15) is 0 Å². The molecule has 1 fully saturated rings. The van der Waals surface area contributed by atoms with Gasteiger partial charge in [-0.05, 0) is 12.3 Å². The quantitative estimate of drug-likeness (QED) is 0.725. The number of aliphatic hydroxyl groups is 2. The normalized spacial score (nSPS) is 26.7. The van der Waals surface area contributed by atoms with Crippen molar-refractivity contribution in [2.75, 3.05) is 19.0 Å². The average molecular weight is 277 g/mol. The number of hydrogen-bond acceptors (Lipinski definition) is 6. The van der Waals surface area contributed by atoms with E-state index < -0.39 is 6.10 Å². The van der Waals surface area contributed by atoms with Crippen LogP contribution in [0.15, 0.2) is 12.7 Å². The molecule has 2 heterocycles. The summed E-state index contributed by atoms with van der Waals surface area (Å²) in [5, 5.41) is 22.9. The summed E-state index contributed by atoms with van der Waals surface area (Å²) >= 11 is 0. The van der Waals surface area contributed by atoms with Crippen LogP contribution >= 0.6 is 0 Å². The lowest BCUT2D eigenvalue weighted by Crippen LogP contribution is -2.31. The van der Waals surface area contributed by atoms with E-state index in [0.29, 0.717) is 29.4 Å². The highest BCUT2D eigenvalue weighted by atomic mass is 16.3. The van der Waals surface area contributed by atoms with Gasteiger partial charge in [-0.3, -0.25) is 0 Å². The van der Waals surface area contributed by atoms with Crippen LogP contribution in [0, 0.1) is 11.3 Å². The van der Waals surface area contributed by atoms with Crippen molar-refractivity contribution >= 4 is 17.0 Å². The molecule has 20 heavy (non-hydrogen) atoms. The van der Waals surface area contributed by atoms with Crippen LogP contribution in [0.2, 0.25) is 0 Å². The van der Waals surface area contributed by atoms with Crippen molar-refractivity contribution < 1.29 is 10.2 Å². The Morgan fingerprint density at radius 1 is 1.50 bits per heavy atom. The molecule has 0 spiro atoms. The zero-order valence-electron chi connectivity index (χ0n) is 11.6. The van der Waals surface area contributed by atoms with Crippen LogP contribution in [0.1, 0.15) is 13.3 Å². The van der Waals surface area contributed by atoms with Crippen molar-refractivity contribution in [2.45, 2.75) is 26.0 Å². The predicted octanol–water partition coefficient (Wildman–Crippen LogP) is 0.247. The zero-order chi connectivity index (χ0) is 14.3. The molecule has 3 N–H and O–H groups in total. The minimum Gasteiger partial charge on any atom is -0.396 e. The number of rotatable bonds is 5. The number of fused-ring (bicyclic) bond motifs is 1. The highest BCUT2D eigenvalue weighted by Crippen LogP contribution is 2.54. The van der Waals surface area contributed by atoms with Gasteiger partial charge in [0, 0.05) is 12.5 Å². The number of anilines is 1. The molecular weight excluding hydrogens is 258 g/mol. The van der Waals surface area contributed by atoms with Gasteiger partial charge in [0.05, 0.1) is 25.6 Å². The smallest absolute Gasteiger partial charge is 0.165 e. The van der Waals surface area contributed by atoms with Crippen LogP contribution in [-0.2, 0) is 6.54 Å². The van der Waals surface area contributed by atoms with Gasteiger partial charge in [0.2, 0.25) is 0 Å². The van der Waals surface area contributed by atoms with E-state index in [1.807, 2.05) is 11.5 Å². The number of nitrogens with one attached hydrogen (secondary N) is 1. The first-order valence-corrected chi connectivity index (χ1v) is 6.75. The summed E-state index contributed by atoms with van der Waals surface area (Å²) in [6.45, 7) is 2.44. The summed E-state index contributed by atoms with van der Waals surface area (Å²) < 4.78 is 1.81. The monoisotopic (exact) mass is 277 g/mol. The number of hydrogen-bond donors (Lipinski definition) is 3. The Bertz CT molecular complexity index is 624. The standard InChI is InChI=1S/C13H19N5O2/c1-8-3-13(8,5-19)9(20)4-18-7-17-10-11(14-2)15-6-16-12(10)18/h6-9,19-20H,3-5H2,1-2H3,(H,14,15,16). The first-order chi connectivity index (χ1) is 9.62. The molecule has 1 aliphatic rings. The largest absolute Gasteiger partial charge is 0.396 e. The summed E-state index contributed by atoms with van der Waals surface area (Å²) in [5.74, 6) is 1.01. The van der Waals surface area contributed by atoms with E-state index in [0.717, 1.165) is 6.42 Å². The third kappa shape index (κ3) is 1.85. The lowest BCUT2D eigenvalue weighted by molar-refractivity contribution is 0.0308. The van der Waals surface area contributed by atoms with E-state index in [1.165, 1.54) is 6.33 Å². The molecule has 0 radical (unpaired) electrons. The second-order valence-corrected chi connectivity index (χ2v) is 5.55. The van der Waals surface area contributed by atoms with Crippen LogP contribution in [0.4, 0.5) is 5.82 Å². The van der Waals surface area contributed by atoms with E-state index in [1.54, 1.807) is 13.4 Å². The van der Waals surface area contributed by atoms with Gasteiger partial charge >= 0.3 is 0 Å². The van der Waals surface area contributed by atoms with E-state index in [-0.39, 0.29) is 12.0 Å². The molecule has 0 amide bonds. The molecule has 108 valence electrons. The Kier molecular flexibility index (Phi) is 3.10. The molecule has 0 bridgehead atoms. The van der Waals surface area contributed by atoms with Gasteiger partial charge < -0.3 is 20.1 Å². The maximum Gasteiger partial charge on any atom is 0.165 e. The van der Waals surface area contributed by atoms with E-state index in [9.17, 15) is 10.2 Å². The highest BCUT2D eigenvalue weighted by molar-refractivity contribution is 5.82. The summed E-state index contributed by atoms with van der Waals surface area (Å²) in [6.07, 6.45) is 3.38. The molecule has 1 aliphatic carbocycles. The van der Waals surface area contributed by atoms with Crippen molar-refractivity contribution in [3.8, 4) is 0 Å². The summed E-state index contributed by atoms with van der Waals surface area (Å²) in [6, 6.07) is 0. The molecule has 0 aromatic carbocycles. The van der Waals surface area contributed by atoms with Crippen molar-refractivity contribution in [1.29, 1.82) is 0 Å². The van der Waals surface area contributed by atoms with Crippen LogP contribution < -0.4 is 5.32 Å². The molecule has 2 aromatic rings. The van der Waals surface area contributed by atoms with Gasteiger partial charge in [-0.15, -0.1) is 0 Å². The molecule has 3 rings (SSSR count). The van der Waals surface area contributed by atoms with Crippen LogP contribution in [0.5, 0.6) is 0 Å². The Hall–Kier alpha value is -1.73. The Balaban J connectivity index is 1.89. The molecule has 0 aliphatic heterocycles. The molecule has 3 unspecified atom stereocenters. The number of aliphatic hydroxyl groups excluding tert-OH is 2. The molecule has 1 saturated carbocycles. The maximum absolute atomic E-state index is 10.4. The maximum atomic E-state index is 10.4. The molecule has 3 atom stereocenters. The molecule has 0 saturated heterocycles. The summed E-state index contributed by atoms with van der Waals surface area (Å²) in [7, 11) is 1.78. The minimum atomic E-state index is -0.604. The van der Waals surface area contributed by atoms with E-state index in [2.05, 4.69) is 20.3 Å². The third-order valence-electron chi connectivity index (χ3n) is 4.47. The Morgan fingerprint density at radius 2 is 2.25 bits per heavy atom. The third-order valence-corrected chi connectivity index (χ3v) is 4.47.